The normalized spacial score (nSPS) is 17.2. The molecular formula is C15H25NO3. The summed E-state index contributed by atoms with van der Waals surface area (Å²) in [7, 11) is 0. The van der Waals surface area contributed by atoms with Crippen LogP contribution < -0.4 is 5.32 Å². The molecule has 19 heavy (non-hydrogen) atoms. The lowest BCUT2D eigenvalue weighted by Gasteiger charge is -2.22. The van der Waals surface area contributed by atoms with E-state index in [0.29, 0.717) is 18.6 Å². The van der Waals surface area contributed by atoms with Gasteiger partial charge in [0.15, 0.2) is 0 Å². The van der Waals surface area contributed by atoms with Gasteiger partial charge in [0.1, 0.15) is 5.76 Å². The predicted molar refractivity (Wildman–Crippen MR) is 73.9 cm³/mol. The summed E-state index contributed by atoms with van der Waals surface area (Å²) in [5.74, 6) is 1.64. The first-order valence-electron chi connectivity index (χ1n) is 7.21. The van der Waals surface area contributed by atoms with Gasteiger partial charge in [0, 0.05) is 18.8 Å². The Labute approximate surface area is 115 Å². The van der Waals surface area contributed by atoms with Gasteiger partial charge in [0.05, 0.1) is 25.5 Å². The van der Waals surface area contributed by atoms with Crippen molar-refractivity contribution in [2.24, 2.45) is 5.92 Å². The molecule has 0 saturated carbocycles. The molecule has 4 nitrogen and oxygen atoms in total. The highest BCUT2D eigenvalue weighted by Crippen LogP contribution is 2.16. The van der Waals surface area contributed by atoms with Crippen LogP contribution in [0.3, 0.4) is 0 Å². The van der Waals surface area contributed by atoms with Gasteiger partial charge < -0.3 is 19.2 Å². The van der Waals surface area contributed by atoms with Crippen LogP contribution in [0.4, 0.5) is 0 Å². The van der Waals surface area contributed by atoms with E-state index in [-0.39, 0.29) is 0 Å². The molecule has 0 unspecified atom stereocenters. The Hall–Kier alpha value is -0.840. The molecule has 0 amide bonds. The molecule has 0 bridgehead atoms. The van der Waals surface area contributed by atoms with Gasteiger partial charge in [-0.05, 0) is 31.4 Å². The Bertz CT molecular complexity index is 356. The van der Waals surface area contributed by atoms with Crippen molar-refractivity contribution in [1.29, 1.82) is 0 Å². The van der Waals surface area contributed by atoms with Crippen molar-refractivity contribution < 1.29 is 13.9 Å². The highest BCUT2D eigenvalue weighted by molar-refractivity contribution is 5.15. The summed E-state index contributed by atoms with van der Waals surface area (Å²) in [5.41, 5.74) is 1.16. The standard InChI is InChI=1S/C15H25NO3/c1-12(2)9-16-10-15-13(3-8-18-15)11-19-14-4-6-17-7-5-14/h3,8,12,14,16H,4-7,9-11H2,1-2H3. The number of nitrogens with one attached hydrogen (secondary N) is 1. The summed E-state index contributed by atoms with van der Waals surface area (Å²) in [4.78, 5) is 0. The van der Waals surface area contributed by atoms with Gasteiger partial charge in [0.25, 0.3) is 0 Å². The fourth-order valence-electron chi connectivity index (χ4n) is 2.18. The van der Waals surface area contributed by atoms with Crippen molar-refractivity contribution in [3.8, 4) is 0 Å². The Morgan fingerprint density at radius 2 is 2.16 bits per heavy atom. The maximum absolute atomic E-state index is 5.93. The summed E-state index contributed by atoms with van der Waals surface area (Å²) in [6.45, 7) is 8.45. The molecule has 4 heteroatoms. The number of ether oxygens (including phenoxy) is 2. The van der Waals surface area contributed by atoms with E-state index in [1.807, 2.05) is 6.07 Å². The van der Waals surface area contributed by atoms with Gasteiger partial charge in [-0.25, -0.2) is 0 Å². The number of rotatable bonds is 7. The first-order chi connectivity index (χ1) is 9.25. The molecule has 1 aromatic heterocycles. The quantitative estimate of drug-likeness (QED) is 0.825. The molecule has 0 radical (unpaired) electrons. The third-order valence-corrected chi connectivity index (χ3v) is 3.32. The lowest BCUT2D eigenvalue weighted by molar-refractivity contribution is -0.0393. The van der Waals surface area contributed by atoms with Crippen LogP contribution in [-0.4, -0.2) is 25.9 Å². The smallest absolute Gasteiger partial charge is 0.123 e. The van der Waals surface area contributed by atoms with Crippen LogP contribution in [0.15, 0.2) is 16.7 Å². The van der Waals surface area contributed by atoms with Crippen LogP contribution in [0.5, 0.6) is 0 Å². The molecule has 1 aromatic rings. The van der Waals surface area contributed by atoms with E-state index in [1.54, 1.807) is 6.26 Å². The van der Waals surface area contributed by atoms with Gasteiger partial charge in [0.2, 0.25) is 0 Å². The van der Waals surface area contributed by atoms with Crippen LogP contribution in [0.2, 0.25) is 0 Å². The third kappa shape index (κ3) is 4.97. The molecule has 0 aliphatic carbocycles. The van der Waals surface area contributed by atoms with E-state index in [4.69, 9.17) is 13.9 Å². The minimum atomic E-state index is 0.333. The molecule has 2 heterocycles. The largest absolute Gasteiger partial charge is 0.468 e. The molecule has 2 rings (SSSR count). The second-order valence-corrected chi connectivity index (χ2v) is 5.52. The average Bonchev–Trinajstić information content (AvgIpc) is 2.85. The van der Waals surface area contributed by atoms with Gasteiger partial charge >= 0.3 is 0 Å². The SMILES string of the molecule is CC(C)CNCc1occc1COC1CCOCC1. The van der Waals surface area contributed by atoms with E-state index in [0.717, 1.165) is 50.5 Å². The molecule has 1 aliphatic rings. The minimum Gasteiger partial charge on any atom is -0.468 e. The van der Waals surface area contributed by atoms with Crippen LogP contribution in [0.1, 0.15) is 38.0 Å². The zero-order valence-electron chi connectivity index (χ0n) is 12.0. The fraction of sp³-hybridized carbons (Fsp3) is 0.733. The average molecular weight is 267 g/mol. The molecule has 1 aliphatic heterocycles. The van der Waals surface area contributed by atoms with Crippen LogP contribution in [0, 0.1) is 5.92 Å². The zero-order chi connectivity index (χ0) is 13.5. The second kappa shape index (κ2) is 7.68. The van der Waals surface area contributed by atoms with Crippen molar-refractivity contribution in [1.82, 2.24) is 5.32 Å². The highest BCUT2D eigenvalue weighted by Gasteiger charge is 2.15. The van der Waals surface area contributed by atoms with Crippen molar-refractivity contribution >= 4 is 0 Å². The summed E-state index contributed by atoms with van der Waals surface area (Å²) >= 11 is 0. The van der Waals surface area contributed by atoms with Gasteiger partial charge in [-0.2, -0.15) is 0 Å². The number of hydrogen-bond acceptors (Lipinski definition) is 4. The monoisotopic (exact) mass is 267 g/mol. The molecule has 0 aromatic carbocycles. The summed E-state index contributed by atoms with van der Waals surface area (Å²) in [6.07, 6.45) is 4.08. The van der Waals surface area contributed by atoms with Crippen LogP contribution in [-0.2, 0) is 22.6 Å². The van der Waals surface area contributed by atoms with Crippen molar-refractivity contribution in [3.63, 3.8) is 0 Å². The van der Waals surface area contributed by atoms with E-state index >= 15 is 0 Å². The van der Waals surface area contributed by atoms with Crippen LogP contribution in [0.25, 0.3) is 0 Å². The number of furan rings is 1. The Kier molecular flexibility index (Phi) is 5.89. The minimum absolute atomic E-state index is 0.333. The first-order valence-corrected chi connectivity index (χ1v) is 7.21. The van der Waals surface area contributed by atoms with Crippen LogP contribution >= 0.6 is 0 Å². The highest BCUT2D eigenvalue weighted by atomic mass is 16.5. The summed E-state index contributed by atoms with van der Waals surface area (Å²) < 4.78 is 16.8. The van der Waals surface area contributed by atoms with Gasteiger partial charge in [-0.3, -0.25) is 0 Å². The maximum atomic E-state index is 5.93. The Balaban J connectivity index is 1.75. The molecule has 0 spiro atoms. The molecular weight excluding hydrogens is 242 g/mol. The van der Waals surface area contributed by atoms with E-state index in [1.165, 1.54) is 0 Å². The third-order valence-electron chi connectivity index (χ3n) is 3.32. The molecule has 1 fully saturated rings. The Morgan fingerprint density at radius 3 is 2.89 bits per heavy atom. The lowest BCUT2D eigenvalue weighted by Crippen LogP contribution is -2.23. The summed E-state index contributed by atoms with van der Waals surface area (Å²) in [6, 6.07) is 2.01. The maximum Gasteiger partial charge on any atom is 0.123 e. The fourth-order valence-corrected chi connectivity index (χ4v) is 2.18. The van der Waals surface area contributed by atoms with E-state index in [9.17, 15) is 0 Å². The number of hydrogen-bond donors (Lipinski definition) is 1. The summed E-state index contributed by atoms with van der Waals surface area (Å²) in [5, 5.41) is 3.40. The lowest BCUT2D eigenvalue weighted by atomic mass is 10.1. The van der Waals surface area contributed by atoms with Gasteiger partial charge in [-0.1, -0.05) is 13.8 Å². The molecule has 1 N–H and O–H groups in total. The molecule has 108 valence electrons. The van der Waals surface area contributed by atoms with Crippen molar-refractivity contribution in [2.75, 3.05) is 19.8 Å². The Morgan fingerprint density at radius 1 is 1.37 bits per heavy atom. The first kappa shape index (κ1) is 14.6. The predicted octanol–water partition coefficient (Wildman–Crippen LogP) is 2.72. The van der Waals surface area contributed by atoms with Crippen molar-refractivity contribution in [2.45, 2.75) is 45.9 Å². The topological polar surface area (TPSA) is 43.6 Å². The van der Waals surface area contributed by atoms with Crippen molar-refractivity contribution in [3.05, 3.63) is 23.7 Å². The zero-order valence-corrected chi connectivity index (χ0v) is 12.0. The molecule has 1 saturated heterocycles. The molecule has 0 atom stereocenters. The second-order valence-electron chi connectivity index (χ2n) is 5.52. The van der Waals surface area contributed by atoms with E-state index in [2.05, 4.69) is 19.2 Å². The van der Waals surface area contributed by atoms with Gasteiger partial charge in [-0.15, -0.1) is 0 Å². The van der Waals surface area contributed by atoms with E-state index < -0.39 is 0 Å².